The summed E-state index contributed by atoms with van der Waals surface area (Å²) in [5, 5.41) is 20.7. The lowest BCUT2D eigenvalue weighted by molar-refractivity contribution is -0.121. The Morgan fingerprint density at radius 3 is 2.68 bits per heavy atom. The van der Waals surface area contributed by atoms with Crippen LogP contribution >= 0.6 is 15.9 Å². The molecule has 0 unspecified atom stereocenters. The SMILES string of the molecule is N#Cc1ccc(-c2nc3c4cccc(Br)c4nc(N[C@@H]4CN(C(=O)OCc5ccccc5)CCNC4=O)n3n2)cc1. The molecule has 0 spiro atoms. The summed E-state index contributed by atoms with van der Waals surface area (Å²) in [7, 11) is 0. The molecule has 3 aromatic carbocycles. The predicted octanol–water partition coefficient (Wildman–Crippen LogP) is 4.13. The van der Waals surface area contributed by atoms with E-state index in [9.17, 15) is 9.59 Å². The summed E-state index contributed by atoms with van der Waals surface area (Å²) in [6.45, 7) is 0.785. The van der Waals surface area contributed by atoms with Gasteiger partial charge in [0.15, 0.2) is 11.5 Å². The normalized spacial score (nSPS) is 15.3. The van der Waals surface area contributed by atoms with E-state index in [-0.39, 0.29) is 31.6 Å². The number of nitriles is 1. The number of halogens is 1. The molecule has 1 aliphatic rings. The predicted molar refractivity (Wildman–Crippen MR) is 155 cm³/mol. The van der Waals surface area contributed by atoms with Crippen LogP contribution in [0.5, 0.6) is 0 Å². The van der Waals surface area contributed by atoms with Crippen molar-refractivity contribution in [3.8, 4) is 17.5 Å². The van der Waals surface area contributed by atoms with Crippen LogP contribution in [0.3, 0.4) is 0 Å². The molecule has 0 saturated carbocycles. The number of carbonyl (C=O) groups excluding carboxylic acids is 2. The van der Waals surface area contributed by atoms with Crippen LogP contribution in [0.25, 0.3) is 27.9 Å². The van der Waals surface area contributed by atoms with Crippen molar-refractivity contribution in [3.05, 3.63) is 88.4 Å². The van der Waals surface area contributed by atoms with Crippen LogP contribution in [-0.2, 0) is 16.1 Å². The first-order valence-corrected chi connectivity index (χ1v) is 13.6. The molecule has 2 aromatic heterocycles. The van der Waals surface area contributed by atoms with Gasteiger partial charge in [-0.05, 0) is 57.9 Å². The summed E-state index contributed by atoms with van der Waals surface area (Å²) < 4.78 is 7.82. The van der Waals surface area contributed by atoms with Gasteiger partial charge in [-0.1, -0.05) is 36.4 Å². The van der Waals surface area contributed by atoms with Crippen molar-refractivity contribution in [1.29, 1.82) is 5.26 Å². The van der Waals surface area contributed by atoms with Gasteiger partial charge in [-0.25, -0.2) is 14.8 Å². The van der Waals surface area contributed by atoms with Gasteiger partial charge < -0.3 is 20.3 Å². The molecule has 41 heavy (non-hydrogen) atoms. The summed E-state index contributed by atoms with van der Waals surface area (Å²) in [5.74, 6) is 0.438. The van der Waals surface area contributed by atoms with Crippen molar-refractivity contribution in [2.24, 2.45) is 0 Å². The van der Waals surface area contributed by atoms with Crippen molar-refractivity contribution >= 4 is 50.4 Å². The summed E-state index contributed by atoms with van der Waals surface area (Å²) in [6.07, 6.45) is -0.514. The molecule has 1 fully saturated rings. The molecule has 1 saturated heterocycles. The second-order valence-corrected chi connectivity index (χ2v) is 10.3. The molecule has 1 atom stereocenters. The lowest BCUT2D eigenvalue weighted by Crippen LogP contribution is -2.44. The zero-order valence-electron chi connectivity index (χ0n) is 21.6. The van der Waals surface area contributed by atoms with Crippen LogP contribution in [0.4, 0.5) is 10.7 Å². The summed E-state index contributed by atoms with van der Waals surface area (Å²) >= 11 is 3.57. The molecule has 0 radical (unpaired) electrons. The largest absolute Gasteiger partial charge is 0.445 e. The Morgan fingerprint density at radius 2 is 1.90 bits per heavy atom. The minimum atomic E-state index is -0.833. The fourth-order valence-corrected chi connectivity index (χ4v) is 5.04. The Bertz CT molecular complexity index is 1800. The number of rotatable bonds is 5. The maximum Gasteiger partial charge on any atom is 0.410 e. The molecule has 11 nitrogen and oxygen atoms in total. The highest BCUT2D eigenvalue weighted by Gasteiger charge is 2.30. The number of hydrogen-bond acceptors (Lipinski definition) is 8. The standard InChI is InChI=1S/C29H23BrN8O3/c30-22-8-4-7-21-24(22)34-28(38-26(21)35-25(36-38)20-11-9-18(15-31)10-12-20)33-23-16-37(14-13-32-27(23)39)29(40)41-17-19-5-2-1-3-6-19/h1-12,23H,13-14,16-17H2,(H,32,39)(H,33,34)/t23-/m1/s1. The van der Waals surface area contributed by atoms with Gasteiger partial charge in [0.2, 0.25) is 11.9 Å². The Labute approximate surface area is 242 Å². The van der Waals surface area contributed by atoms with Gasteiger partial charge in [0.25, 0.3) is 0 Å². The number of anilines is 1. The van der Waals surface area contributed by atoms with E-state index < -0.39 is 12.1 Å². The topological polar surface area (TPSA) is 138 Å². The zero-order chi connectivity index (χ0) is 28.3. The molecule has 5 aromatic rings. The molecular formula is C29H23BrN8O3. The number of nitrogens with one attached hydrogen (secondary N) is 2. The third kappa shape index (κ3) is 5.39. The Hall–Kier alpha value is -5.02. The second kappa shape index (κ2) is 11.2. The van der Waals surface area contributed by atoms with Crippen LogP contribution in [0.1, 0.15) is 11.1 Å². The highest BCUT2D eigenvalue weighted by Crippen LogP contribution is 2.29. The van der Waals surface area contributed by atoms with E-state index in [1.807, 2.05) is 48.5 Å². The molecular weight excluding hydrogens is 588 g/mol. The van der Waals surface area contributed by atoms with Crippen LogP contribution in [-0.4, -0.2) is 62.2 Å². The average molecular weight is 611 g/mol. The van der Waals surface area contributed by atoms with E-state index in [2.05, 4.69) is 32.6 Å². The maximum atomic E-state index is 13.1. The van der Waals surface area contributed by atoms with E-state index in [4.69, 9.17) is 25.1 Å². The van der Waals surface area contributed by atoms with Crippen LogP contribution in [0.2, 0.25) is 0 Å². The Kier molecular flexibility index (Phi) is 7.18. The van der Waals surface area contributed by atoms with Crippen LogP contribution in [0.15, 0.2) is 77.3 Å². The summed E-state index contributed by atoms with van der Waals surface area (Å²) in [4.78, 5) is 37.1. The second-order valence-electron chi connectivity index (χ2n) is 9.41. The van der Waals surface area contributed by atoms with Gasteiger partial charge in [0.1, 0.15) is 12.6 Å². The molecule has 0 bridgehead atoms. The van der Waals surface area contributed by atoms with Gasteiger partial charge >= 0.3 is 6.09 Å². The fourth-order valence-electron chi connectivity index (χ4n) is 4.58. The first-order chi connectivity index (χ1) is 20.0. The van der Waals surface area contributed by atoms with Crippen molar-refractivity contribution in [1.82, 2.24) is 29.8 Å². The van der Waals surface area contributed by atoms with Gasteiger partial charge in [-0.2, -0.15) is 9.78 Å². The van der Waals surface area contributed by atoms with Gasteiger partial charge in [-0.15, -0.1) is 5.10 Å². The number of aromatic nitrogens is 4. The van der Waals surface area contributed by atoms with Gasteiger partial charge in [-0.3, -0.25) is 4.79 Å². The monoisotopic (exact) mass is 610 g/mol. The lowest BCUT2D eigenvalue weighted by Gasteiger charge is -2.23. The number of amides is 2. The van der Waals surface area contributed by atoms with Crippen LogP contribution in [0, 0.1) is 11.3 Å². The number of fused-ring (bicyclic) bond motifs is 3. The van der Waals surface area contributed by atoms with Crippen molar-refractivity contribution in [3.63, 3.8) is 0 Å². The minimum absolute atomic E-state index is 0.0633. The van der Waals surface area contributed by atoms with Crippen molar-refractivity contribution in [2.75, 3.05) is 25.0 Å². The quantitative estimate of drug-likeness (QED) is 0.303. The summed E-state index contributed by atoms with van der Waals surface area (Å²) in [6, 6.07) is 23.3. The molecule has 1 aliphatic heterocycles. The molecule has 204 valence electrons. The van der Waals surface area contributed by atoms with Crippen molar-refractivity contribution < 1.29 is 14.3 Å². The number of ether oxygens (including phenoxy) is 1. The van der Waals surface area contributed by atoms with Crippen LogP contribution < -0.4 is 10.6 Å². The van der Waals surface area contributed by atoms with Crippen molar-refractivity contribution in [2.45, 2.75) is 12.6 Å². The minimum Gasteiger partial charge on any atom is -0.445 e. The third-order valence-electron chi connectivity index (χ3n) is 6.69. The highest BCUT2D eigenvalue weighted by molar-refractivity contribution is 9.10. The molecule has 6 rings (SSSR count). The fraction of sp³-hybridized carbons (Fsp3) is 0.172. The Morgan fingerprint density at radius 1 is 1.10 bits per heavy atom. The Balaban J connectivity index is 1.33. The third-order valence-corrected chi connectivity index (χ3v) is 7.33. The average Bonchev–Trinajstić information content (AvgIpc) is 3.38. The number of para-hydroxylation sites is 1. The van der Waals surface area contributed by atoms with E-state index in [1.54, 1.807) is 28.8 Å². The lowest BCUT2D eigenvalue weighted by atomic mass is 10.1. The van der Waals surface area contributed by atoms with Gasteiger partial charge in [0, 0.05) is 28.5 Å². The van der Waals surface area contributed by atoms with E-state index >= 15 is 0 Å². The molecule has 3 heterocycles. The first kappa shape index (κ1) is 26.2. The number of benzene rings is 3. The zero-order valence-corrected chi connectivity index (χ0v) is 23.2. The van der Waals surface area contributed by atoms with Gasteiger partial charge in [0.05, 0.1) is 23.7 Å². The number of carbonyl (C=O) groups is 2. The maximum absolute atomic E-state index is 13.1. The molecule has 12 heteroatoms. The first-order valence-electron chi connectivity index (χ1n) is 12.9. The highest BCUT2D eigenvalue weighted by atomic mass is 79.9. The number of hydrogen-bond donors (Lipinski definition) is 2. The number of nitrogens with zero attached hydrogens (tertiary/aromatic N) is 6. The van der Waals surface area contributed by atoms with E-state index in [0.717, 1.165) is 21.0 Å². The smallest absolute Gasteiger partial charge is 0.410 e. The molecule has 2 amide bonds. The molecule has 2 N–H and O–H groups in total. The van der Waals surface area contributed by atoms with E-state index in [1.165, 1.54) is 4.90 Å². The summed E-state index contributed by atoms with van der Waals surface area (Å²) in [5.41, 5.74) is 3.29. The van der Waals surface area contributed by atoms with E-state index in [0.29, 0.717) is 29.1 Å². The molecule has 0 aliphatic carbocycles.